The van der Waals surface area contributed by atoms with Crippen LogP contribution in [0.2, 0.25) is 0 Å². The second-order valence-electron chi connectivity index (χ2n) is 4.11. The molecule has 0 saturated heterocycles. The third kappa shape index (κ3) is 1.80. The Balaban J connectivity index is 2.47. The minimum atomic E-state index is -0.980. The zero-order valence-corrected chi connectivity index (χ0v) is 11.1. The Hall–Kier alpha value is -1.16. The molecule has 2 rings (SSSR count). The maximum Gasteiger partial charge on any atom is 0.152 e. The van der Waals surface area contributed by atoms with Crippen LogP contribution < -0.4 is 4.74 Å². The first-order chi connectivity index (χ1) is 8.15. The summed E-state index contributed by atoms with van der Waals surface area (Å²) in [7, 11) is 1.58. The first-order valence-corrected chi connectivity index (χ1v) is 6.54. The topological polar surface area (TPSA) is 43.4 Å². The molecule has 3 nitrogen and oxygen atoms in total. The molecule has 0 spiro atoms. The van der Waals surface area contributed by atoms with Gasteiger partial charge in [-0.3, -0.25) is 9.59 Å². The monoisotopic (exact) mass is 296 g/mol. The van der Waals surface area contributed by atoms with Gasteiger partial charge in [-0.25, -0.2) is 0 Å². The lowest BCUT2D eigenvalue weighted by atomic mass is 9.79. The van der Waals surface area contributed by atoms with Crippen LogP contribution in [0.1, 0.15) is 18.4 Å². The van der Waals surface area contributed by atoms with Crippen molar-refractivity contribution in [3.8, 4) is 5.75 Å². The molecular weight excluding hydrogens is 284 g/mol. The van der Waals surface area contributed by atoms with Gasteiger partial charge in [0.2, 0.25) is 0 Å². The van der Waals surface area contributed by atoms with E-state index >= 15 is 0 Å². The molecule has 1 aromatic rings. The van der Waals surface area contributed by atoms with Crippen LogP contribution in [-0.2, 0) is 15.0 Å². The lowest BCUT2D eigenvalue weighted by Crippen LogP contribution is -2.39. The van der Waals surface area contributed by atoms with E-state index in [0.29, 0.717) is 18.2 Å². The molecule has 1 saturated carbocycles. The van der Waals surface area contributed by atoms with Crippen LogP contribution in [0.25, 0.3) is 0 Å². The molecule has 1 aliphatic carbocycles. The number of halogens is 1. The zero-order chi connectivity index (χ0) is 12.5. The molecule has 17 heavy (non-hydrogen) atoms. The highest BCUT2D eigenvalue weighted by Gasteiger charge is 2.49. The van der Waals surface area contributed by atoms with Gasteiger partial charge in [0.1, 0.15) is 11.2 Å². The van der Waals surface area contributed by atoms with Crippen molar-refractivity contribution in [3.63, 3.8) is 0 Å². The number of hydrogen-bond donors (Lipinski definition) is 0. The van der Waals surface area contributed by atoms with E-state index in [-0.39, 0.29) is 11.6 Å². The molecule has 0 radical (unpaired) electrons. The number of ketones is 2. The van der Waals surface area contributed by atoms with Gasteiger partial charge < -0.3 is 4.74 Å². The minimum Gasteiger partial charge on any atom is -0.497 e. The number of methoxy groups -OCH3 is 1. The van der Waals surface area contributed by atoms with E-state index in [0.717, 1.165) is 11.3 Å². The highest BCUT2D eigenvalue weighted by atomic mass is 79.9. The molecule has 0 aliphatic heterocycles. The molecule has 1 fully saturated rings. The van der Waals surface area contributed by atoms with Gasteiger partial charge in [0, 0.05) is 18.2 Å². The smallest absolute Gasteiger partial charge is 0.152 e. The van der Waals surface area contributed by atoms with Gasteiger partial charge in [0.15, 0.2) is 11.6 Å². The van der Waals surface area contributed by atoms with E-state index in [1.54, 1.807) is 31.4 Å². The third-order valence-electron chi connectivity index (χ3n) is 3.31. The largest absolute Gasteiger partial charge is 0.497 e. The number of rotatable bonds is 3. The second kappa shape index (κ2) is 4.61. The lowest BCUT2D eigenvalue weighted by Gasteiger charge is -2.23. The highest BCUT2D eigenvalue weighted by molar-refractivity contribution is 9.09. The standard InChI is InChI=1S/C13H13BrO3/c1-17-10-4-2-9(3-5-10)13(8-14)11(15)6-7-12(13)16/h2-5H,6-8H2,1H3. The molecule has 1 aromatic carbocycles. The Labute approximate surface area is 108 Å². The first-order valence-electron chi connectivity index (χ1n) is 5.42. The van der Waals surface area contributed by atoms with Crippen molar-refractivity contribution in [2.45, 2.75) is 18.3 Å². The summed E-state index contributed by atoms with van der Waals surface area (Å²) in [6.45, 7) is 0. The van der Waals surface area contributed by atoms with Crippen LogP contribution in [0, 0.1) is 0 Å². The van der Waals surface area contributed by atoms with Crippen LogP contribution in [0.4, 0.5) is 0 Å². The third-order valence-corrected chi connectivity index (χ3v) is 4.16. The Bertz CT molecular complexity index is 434. The molecule has 0 heterocycles. The van der Waals surface area contributed by atoms with E-state index in [9.17, 15) is 9.59 Å². The Kier molecular flexibility index (Phi) is 3.33. The SMILES string of the molecule is COc1ccc(C2(CBr)C(=O)CCC2=O)cc1. The van der Waals surface area contributed by atoms with E-state index in [1.165, 1.54) is 0 Å². The zero-order valence-electron chi connectivity index (χ0n) is 9.53. The van der Waals surface area contributed by atoms with Crippen molar-refractivity contribution >= 4 is 27.5 Å². The average Bonchev–Trinajstić information content (AvgIpc) is 2.66. The van der Waals surface area contributed by atoms with Gasteiger partial charge >= 0.3 is 0 Å². The number of carbonyl (C=O) groups is 2. The second-order valence-corrected chi connectivity index (χ2v) is 4.67. The van der Waals surface area contributed by atoms with Crippen molar-refractivity contribution in [3.05, 3.63) is 29.8 Å². The molecule has 0 N–H and O–H groups in total. The number of carbonyl (C=O) groups excluding carboxylic acids is 2. The van der Waals surface area contributed by atoms with Crippen molar-refractivity contribution < 1.29 is 14.3 Å². The van der Waals surface area contributed by atoms with Crippen molar-refractivity contribution in [1.82, 2.24) is 0 Å². The van der Waals surface area contributed by atoms with Crippen LogP contribution in [-0.4, -0.2) is 24.0 Å². The van der Waals surface area contributed by atoms with Crippen LogP contribution in [0.15, 0.2) is 24.3 Å². The average molecular weight is 297 g/mol. The summed E-state index contributed by atoms with van der Waals surface area (Å²) < 4.78 is 5.07. The van der Waals surface area contributed by atoms with Crippen molar-refractivity contribution in [1.29, 1.82) is 0 Å². The van der Waals surface area contributed by atoms with Gasteiger partial charge in [0.25, 0.3) is 0 Å². The molecule has 0 aromatic heterocycles. The Morgan fingerprint density at radius 2 is 1.71 bits per heavy atom. The van der Waals surface area contributed by atoms with Gasteiger partial charge in [-0.2, -0.15) is 0 Å². The molecule has 0 atom stereocenters. The molecular formula is C13H13BrO3. The molecule has 4 heteroatoms. The first kappa shape index (κ1) is 12.3. The summed E-state index contributed by atoms with van der Waals surface area (Å²) in [6.07, 6.45) is 0.687. The fraction of sp³-hybridized carbons (Fsp3) is 0.385. The fourth-order valence-corrected chi connectivity index (χ4v) is 3.18. The predicted molar refractivity (Wildman–Crippen MR) is 67.7 cm³/mol. The number of alkyl halides is 1. The lowest BCUT2D eigenvalue weighted by molar-refractivity contribution is -0.128. The predicted octanol–water partition coefficient (Wildman–Crippen LogP) is 2.26. The van der Waals surface area contributed by atoms with Gasteiger partial charge in [-0.05, 0) is 17.7 Å². The summed E-state index contributed by atoms with van der Waals surface area (Å²) in [4.78, 5) is 24.0. The van der Waals surface area contributed by atoms with Crippen LogP contribution in [0.5, 0.6) is 5.75 Å². The molecule has 1 aliphatic rings. The van der Waals surface area contributed by atoms with Crippen molar-refractivity contribution in [2.75, 3.05) is 12.4 Å². The quantitative estimate of drug-likeness (QED) is 0.635. The molecule has 90 valence electrons. The van der Waals surface area contributed by atoms with Gasteiger partial charge in [-0.1, -0.05) is 28.1 Å². The molecule has 0 unspecified atom stereocenters. The maximum absolute atomic E-state index is 12.0. The number of hydrogen-bond acceptors (Lipinski definition) is 3. The number of ether oxygens (including phenoxy) is 1. The number of Topliss-reactive ketones (excluding diaryl/α,β-unsaturated/α-hetero) is 2. The van der Waals surface area contributed by atoms with Gasteiger partial charge in [0.05, 0.1) is 7.11 Å². The van der Waals surface area contributed by atoms with Crippen molar-refractivity contribution in [2.24, 2.45) is 0 Å². The fourth-order valence-electron chi connectivity index (χ4n) is 2.23. The summed E-state index contributed by atoms with van der Waals surface area (Å²) in [5.74, 6) is 0.727. The summed E-state index contributed by atoms with van der Waals surface area (Å²) in [6, 6.07) is 7.14. The van der Waals surface area contributed by atoms with Crippen LogP contribution >= 0.6 is 15.9 Å². The number of benzene rings is 1. The van der Waals surface area contributed by atoms with E-state index < -0.39 is 5.41 Å². The van der Waals surface area contributed by atoms with E-state index in [1.807, 2.05) is 0 Å². The summed E-state index contributed by atoms with van der Waals surface area (Å²) in [5, 5.41) is 0.351. The minimum absolute atomic E-state index is 0.00421. The van der Waals surface area contributed by atoms with Crippen LogP contribution in [0.3, 0.4) is 0 Å². The molecule has 0 bridgehead atoms. The van der Waals surface area contributed by atoms with Gasteiger partial charge in [-0.15, -0.1) is 0 Å². The van der Waals surface area contributed by atoms with E-state index in [4.69, 9.17) is 4.74 Å². The highest BCUT2D eigenvalue weighted by Crippen LogP contribution is 2.37. The Morgan fingerprint density at radius 1 is 1.18 bits per heavy atom. The summed E-state index contributed by atoms with van der Waals surface area (Å²) in [5.41, 5.74) is -0.227. The van der Waals surface area contributed by atoms with E-state index in [2.05, 4.69) is 15.9 Å². The maximum atomic E-state index is 12.0. The summed E-state index contributed by atoms with van der Waals surface area (Å²) >= 11 is 3.31. The normalized spacial score (nSPS) is 18.5. The molecule has 0 amide bonds. The Morgan fingerprint density at radius 3 is 2.12 bits per heavy atom.